The van der Waals surface area contributed by atoms with Crippen LogP contribution in [0.25, 0.3) is 0 Å². The maximum atomic E-state index is 11.9. The van der Waals surface area contributed by atoms with Crippen molar-refractivity contribution in [2.45, 2.75) is 20.3 Å². The first-order chi connectivity index (χ1) is 9.82. The van der Waals surface area contributed by atoms with Gasteiger partial charge in [-0.15, -0.1) is 0 Å². The molecule has 0 fully saturated rings. The van der Waals surface area contributed by atoms with Crippen LogP contribution < -0.4 is 5.32 Å². The van der Waals surface area contributed by atoms with Crippen molar-refractivity contribution in [3.63, 3.8) is 0 Å². The van der Waals surface area contributed by atoms with Gasteiger partial charge in [0.15, 0.2) is 6.61 Å². The molecule has 0 unspecified atom stereocenters. The number of benzene rings is 1. The van der Waals surface area contributed by atoms with Gasteiger partial charge in [-0.2, -0.15) is 0 Å². The van der Waals surface area contributed by atoms with Crippen molar-refractivity contribution in [3.05, 3.63) is 32.8 Å². The van der Waals surface area contributed by atoms with Gasteiger partial charge in [-0.05, 0) is 24.5 Å². The van der Waals surface area contributed by atoms with E-state index in [1.807, 2.05) is 0 Å². The van der Waals surface area contributed by atoms with E-state index in [0.29, 0.717) is 12.5 Å². The van der Waals surface area contributed by atoms with Crippen LogP contribution in [-0.2, 0) is 9.53 Å². The summed E-state index contributed by atoms with van der Waals surface area (Å²) in [6.07, 6.45) is 0.853. The highest BCUT2D eigenvalue weighted by atomic mass is 35.5. The molecule has 0 heterocycles. The maximum Gasteiger partial charge on any atom is 0.341 e. The quantitative estimate of drug-likeness (QED) is 0.622. The lowest BCUT2D eigenvalue weighted by Gasteiger charge is -2.10. The van der Waals surface area contributed by atoms with Gasteiger partial charge in [-0.3, -0.25) is 4.79 Å². The summed E-state index contributed by atoms with van der Waals surface area (Å²) in [6, 6.07) is 2.91. The van der Waals surface area contributed by atoms with Crippen LogP contribution in [0.1, 0.15) is 30.6 Å². The molecule has 0 radical (unpaired) electrons. The Morgan fingerprint density at radius 2 is 1.81 bits per heavy atom. The highest BCUT2D eigenvalue weighted by molar-refractivity contribution is 6.46. The fraction of sp³-hybridized carbons (Fsp3) is 0.429. The first-order valence-corrected chi connectivity index (χ1v) is 7.53. The number of esters is 1. The third-order valence-electron chi connectivity index (χ3n) is 2.63. The summed E-state index contributed by atoms with van der Waals surface area (Å²) in [5.41, 5.74) is -0.0409. The summed E-state index contributed by atoms with van der Waals surface area (Å²) in [4.78, 5) is 23.4. The molecule has 1 N–H and O–H groups in total. The molecule has 0 aliphatic heterocycles. The second-order valence-electron chi connectivity index (χ2n) is 4.83. The fourth-order valence-electron chi connectivity index (χ4n) is 1.47. The van der Waals surface area contributed by atoms with Crippen LogP contribution in [0.3, 0.4) is 0 Å². The Kier molecular flexibility index (Phi) is 7.29. The minimum Gasteiger partial charge on any atom is -0.452 e. The molecule has 0 aliphatic carbocycles. The molecule has 0 spiro atoms. The van der Waals surface area contributed by atoms with Gasteiger partial charge in [0, 0.05) is 6.54 Å². The Morgan fingerprint density at radius 3 is 2.43 bits per heavy atom. The van der Waals surface area contributed by atoms with E-state index in [1.165, 1.54) is 12.1 Å². The van der Waals surface area contributed by atoms with Gasteiger partial charge in [0.05, 0.1) is 20.6 Å². The molecule has 7 heteroatoms. The summed E-state index contributed by atoms with van der Waals surface area (Å²) >= 11 is 17.6. The van der Waals surface area contributed by atoms with Crippen LogP contribution in [0.15, 0.2) is 12.1 Å². The van der Waals surface area contributed by atoms with Crippen LogP contribution in [0, 0.1) is 5.92 Å². The van der Waals surface area contributed by atoms with Gasteiger partial charge in [0.1, 0.15) is 0 Å². The average Bonchev–Trinajstić information content (AvgIpc) is 2.40. The Bertz CT molecular complexity index is 532. The smallest absolute Gasteiger partial charge is 0.341 e. The zero-order valence-corrected chi connectivity index (χ0v) is 14.0. The van der Waals surface area contributed by atoms with Crippen molar-refractivity contribution >= 4 is 46.7 Å². The lowest BCUT2D eigenvalue weighted by Crippen LogP contribution is -2.30. The molecule has 1 aromatic carbocycles. The number of rotatable bonds is 6. The van der Waals surface area contributed by atoms with Crippen LogP contribution in [0.4, 0.5) is 0 Å². The zero-order valence-electron chi connectivity index (χ0n) is 11.7. The molecular weight excluding hydrogens is 337 g/mol. The minimum atomic E-state index is -0.786. The molecule has 1 rings (SSSR count). The average molecular weight is 353 g/mol. The number of amides is 1. The van der Waals surface area contributed by atoms with E-state index in [1.54, 1.807) is 0 Å². The van der Waals surface area contributed by atoms with Crippen molar-refractivity contribution in [2.75, 3.05) is 13.2 Å². The van der Waals surface area contributed by atoms with Gasteiger partial charge in [0.25, 0.3) is 5.91 Å². The summed E-state index contributed by atoms with van der Waals surface area (Å²) in [5, 5.41) is 2.97. The molecule has 0 aromatic heterocycles. The maximum absolute atomic E-state index is 11.9. The van der Waals surface area contributed by atoms with Crippen molar-refractivity contribution < 1.29 is 14.3 Å². The first-order valence-electron chi connectivity index (χ1n) is 6.40. The number of ether oxygens (including phenoxy) is 1. The molecule has 116 valence electrons. The lowest BCUT2D eigenvalue weighted by atomic mass is 10.1. The number of hydrogen-bond acceptors (Lipinski definition) is 3. The summed E-state index contributed by atoms with van der Waals surface area (Å²) < 4.78 is 4.89. The fourth-order valence-corrected chi connectivity index (χ4v) is 2.15. The topological polar surface area (TPSA) is 55.4 Å². The second-order valence-corrected chi connectivity index (χ2v) is 6.02. The summed E-state index contributed by atoms with van der Waals surface area (Å²) in [7, 11) is 0. The van der Waals surface area contributed by atoms with Crippen molar-refractivity contribution in [3.8, 4) is 0 Å². The molecule has 21 heavy (non-hydrogen) atoms. The third-order valence-corrected chi connectivity index (χ3v) is 3.75. The molecule has 1 amide bonds. The third kappa shape index (κ3) is 5.73. The van der Waals surface area contributed by atoms with E-state index >= 15 is 0 Å². The highest BCUT2D eigenvalue weighted by Gasteiger charge is 2.19. The van der Waals surface area contributed by atoms with Gasteiger partial charge in [-0.1, -0.05) is 48.7 Å². The second kappa shape index (κ2) is 8.47. The monoisotopic (exact) mass is 351 g/mol. The van der Waals surface area contributed by atoms with E-state index in [2.05, 4.69) is 19.2 Å². The van der Waals surface area contributed by atoms with E-state index in [9.17, 15) is 9.59 Å². The molecule has 0 saturated heterocycles. The van der Waals surface area contributed by atoms with Crippen molar-refractivity contribution in [1.29, 1.82) is 0 Å². The van der Waals surface area contributed by atoms with Crippen LogP contribution in [-0.4, -0.2) is 25.0 Å². The van der Waals surface area contributed by atoms with E-state index in [0.717, 1.165) is 6.42 Å². The van der Waals surface area contributed by atoms with Crippen LogP contribution in [0.5, 0.6) is 0 Å². The molecule has 4 nitrogen and oxygen atoms in total. The predicted octanol–water partition coefficient (Wildman–Crippen LogP) is 3.97. The first kappa shape index (κ1) is 18.1. The number of carbonyl (C=O) groups is 2. The number of hydrogen-bond donors (Lipinski definition) is 1. The summed E-state index contributed by atoms with van der Waals surface area (Å²) in [6.45, 7) is 4.24. The van der Waals surface area contributed by atoms with E-state index < -0.39 is 12.6 Å². The zero-order chi connectivity index (χ0) is 16.0. The van der Waals surface area contributed by atoms with Crippen LogP contribution in [0.2, 0.25) is 15.1 Å². The SMILES string of the molecule is CC(C)CCNC(=O)COC(=O)c1c(Cl)ccc(Cl)c1Cl. The number of carbonyl (C=O) groups excluding carboxylic acids is 2. The van der Waals surface area contributed by atoms with Crippen molar-refractivity contribution in [1.82, 2.24) is 5.32 Å². The molecule has 0 atom stereocenters. The van der Waals surface area contributed by atoms with Gasteiger partial charge in [0.2, 0.25) is 0 Å². The Hall–Kier alpha value is -0.970. The van der Waals surface area contributed by atoms with Crippen molar-refractivity contribution in [2.24, 2.45) is 5.92 Å². The van der Waals surface area contributed by atoms with Gasteiger partial charge in [-0.25, -0.2) is 4.79 Å². The summed E-state index contributed by atoms with van der Waals surface area (Å²) in [5.74, 6) is -0.679. The Balaban J connectivity index is 2.55. The predicted molar refractivity (Wildman–Crippen MR) is 84.2 cm³/mol. The molecule has 0 aliphatic rings. The lowest BCUT2D eigenvalue weighted by molar-refractivity contribution is -0.124. The van der Waals surface area contributed by atoms with Gasteiger partial charge < -0.3 is 10.1 Å². The standard InChI is InChI=1S/C14H16Cl3NO3/c1-8(2)5-6-18-11(19)7-21-14(20)12-9(15)3-4-10(16)13(12)17/h3-4,8H,5-7H2,1-2H3,(H,18,19). The van der Waals surface area contributed by atoms with E-state index in [4.69, 9.17) is 39.5 Å². The molecule has 0 saturated carbocycles. The van der Waals surface area contributed by atoms with Crippen LogP contribution >= 0.6 is 34.8 Å². The Labute approximate surface area is 138 Å². The van der Waals surface area contributed by atoms with Gasteiger partial charge >= 0.3 is 5.97 Å². The molecule has 0 bridgehead atoms. The number of halogens is 3. The normalized spacial score (nSPS) is 10.6. The minimum absolute atomic E-state index is 0.00869. The Morgan fingerprint density at radius 1 is 1.19 bits per heavy atom. The number of nitrogens with one attached hydrogen (secondary N) is 1. The molecular formula is C14H16Cl3NO3. The van der Waals surface area contributed by atoms with E-state index in [-0.39, 0.29) is 26.5 Å². The highest BCUT2D eigenvalue weighted by Crippen LogP contribution is 2.31. The largest absolute Gasteiger partial charge is 0.452 e. The molecule has 1 aromatic rings.